The van der Waals surface area contributed by atoms with Gasteiger partial charge in [-0.15, -0.1) is 0 Å². The van der Waals surface area contributed by atoms with Gasteiger partial charge in [0.2, 0.25) is 0 Å². The van der Waals surface area contributed by atoms with E-state index >= 15 is 0 Å². The van der Waals surface area contributed by atoms with E-state index < -0.39 is 6.10 Å². The highest BCUT2D eigenvalue weighted by atomic mass is 16.5. The van der Waals surface area contributed by atoms with Crippen molar-refractivity contribution < 1.29 is 14.6 Å². The molecule has 1 fully saturated rings. The number of ether oxygens (including phenoxy) is 2. The number of aromatic nitrogens is 2. The zero-order valence-electron chi connectivity index (χ0n) is 14.8. The Morgan fingerprint density at radius 2 is 2.33 bits per heavy atom. The van der Waals surface area contributed by atoms with E-state index in [0.29, 0.717) is 25.7 Å². The first-order valence-corrected chi connectivity index (χ1v) is 9.06. The van der Waals surface area contributed by atoms with Crippen molar-refractivity contribution in [2.24, 2.45) is 0 Å². The van der Waals surface area contributed by atoms with Crippen molar-refractivity contribution in [1.29, 1.82) is 0 Å². The lowest BCUT2D eigenvalue weighted by atomic mass is 10.1. The van der Waals surface area contributed by atoms with E-state index in [2.05, 4.69) is 23.7 Å². The summed E-state index contributed by atoms with van der Waals surface area (Å²) < 4.78 is 11.1. The molecule has 24 heavy (non-hydrogen) atoms. The van der Waals surface area contributed by atoms with Crippen LogP contribution < -0.4 is 0 Å². The molecule has 2 aliphatic heterocycles. The number of β-amino-alcohol motifs (C(OH)–C–C–N with tert-alkyl or cyclic N) is 1. The predicted molar refractivity (Wildman–Crippen MR) is 90.9 cm³/mol. The van der Waals surface area contributed by atoms with E-state index in [1.807, 2.05) is 6.20 Å². The van der Waals surface area contributed by atoms with Crippen molar-refractivity contribution in [1.82, 2.24) is 14.9 Å². The summed E-state index contributed by atoms with van der Waals surface area (Å²) in [5, 5.41) is 10.2. The molecule has 6 nitrogen and oxygen atoms in total. The average Bonchev–Trinajstić information content (AvgIpc) is 3.07. The second kappa shape index (κ2) is 8.34. The molecule has 2 atom stereocenters. The Labute approximate surface area is 144 Å². The van der Waals surface area contributed by atoms with Crippen molar-refractivity contribution >= 4 is 0 Å². The molecule has 0 saturated carbocycles. The number of hydrogen-bond donors (Lipinski definition) is 1. The maximum atomic E-state index is 10.2. The molecule has 6 heteroatoms. The molecule has 0 spiro atoms. The third kappa shape index (κ3) is 4.72. The Kier molecular flexibility index (Phi) is 6.16. The van der Waals surface area contributed by atoms with Gasteiger partial charge < -0.3 is 14.6 Å². The molecule has 3 heterocycles. The fraction of sp³-hybridized carbons (Fsp3) is 0.778. The summed E-state index contributed by atoms with van der Waals surface area (Å²) in [6.07, 6.45) is 4.83. The number of aliphatic hydroxyl groups is 1. The zero-order chi connectivity index (χ0) is 16.9. The zero-order valence-corrected chi connectivity index (χ0v) is 14.8. The molecule has 1 aromatic heterocycles. The van der Waals surface area contributed by atoms with Gasteiger partial charge in [-0.1, -0.05) is 13.8 Å². The van der Waals surface area contributed by atoms with E-state index in [9.17, 15) is 5.11 Å². The predicted octanol–water partition coefficient (Wildman–Crippen LogP) is 1.51. The van der Waals surface area contributed by atoms with Crippen LogP contribution >= 0.6 is 0 Å². The van der Waals surface area contributed by atoms with Crippen LogP contribution in [0.1, 0.15) is 49.7 Å². The maximum Gasteiger partial charge on any atom is 0.131 e. The summed E-state index contributed by atoms with van der Waals surface area (Å²) in [5.74, 6) is 1.23. The van der Waals surface area contributed by atoms with Gasteiger partial charge in [0.25, 0.3) is 0 Å². The summed E-state index contributed by atoms with van der Waals surface area (Å²) in [4.78, 5) is 11.4. The normalized spacial score (nSPS) is 22.8. The molecule has 2 aliphatic rings. The lowest BCUT2D eigenvalue weighted by Crippen LogP contribution is -2.39. The molecular formula is C18H29N3O3. The van der Waals surface area contributed by atoms with Crippen LogP contribution in [0.4, 0.5) is 0 Å². The summed E-state index contributed by atoms with van der Waals surface area (Å²) in [7, 11) is 0. The van der Waals surface area contributed by atoms with Crippen LogP contribution in [0.3, 0.4) is 0 Å². The van der Waals surface area contributed by atoms with Gasteiger partial charge in [0.1, 0.15) is 5.82 Å². The lowest BCUT2D eigenvalue weighted by molar-refractivity contribution is -0.0262. The molecule has 1 aromatic rings. The van der Waals surface area contributed by atoms with Gasteiger partial charge in [-0.3, -0.25) is 4.90 Å². The van der Waals surface area contributed by atoms with Crippen molar-refractivity contribution in [3.05, 3.63) is 23.3 Å². The van der Waals surface area contributed by atoms with Crippen LogP contribution in [-0.2, 0) is 22.4 Å². The molecule has 0 radical (unpaired) electrons. The molecule has 0 aromatic carbocycles. The number of hydrogen-bond acceptors (Lipinski definition) is 6. The van der Waals surface area contributed by atoms with Gasteiger partial charge in [0.15, 0.2) is 0 Å². The minimum atomic E-state index is -0.473. The van der Waals surface area contributed by atoms with Crippen LogP contribution in [-0.4, -0.2) is 65.1 Å². The van der Waals surface area contributed by atoms with Crippen LogP contribution in [0.2, 0.25) is 0 Å². The largest absolute Gasteiger partial charge is 0.389 e. The summed E-state index contributed by atoms with van der Waals surface area (Å²) in [6.45, 7) is 8.33. The number of fused-ring (bicyclic) bond motifs is 1. The Morgan fingerprint density at radius 1 is 1.46 bits per heavy atom. The first kappa shape index (κ1) is 17.7. The maximum absolute atomic E-state index is 10.2. The summed E-state index contributed by atoms with van der Waals surface area (Å²) in [6, 6.07) is 0. The Balaban J connectivity index is 1.45. The van der Waals surface area contributed by atoms with Crippen LogP contribution in [0.25, 0.3) is 0 Å². The highest BCUT2D eigenvalue weighted by molar-refractivity contribution is 5.21. The molecule has 1 saturated heterocycles. The average molecular weight is 335 g/mol. The van der Waals surface area contributed by atoms with E-state index in [1.165, 1.54) is 5.56 Å². The third-order valence-electron chi connectivity index (χ3n) is 4.67. The van der Waals surface area contributed by atoms with Gasteiger partial charge in [0.05, 0.1) is 31.1 Å². The second-order valence-electron chi connectivity index (χ2n) is 7.17. The van der Waals surface area contributed by atoms with Crippen molar-refractivity contribution in [2.45, 2.75) is 57.8 Å². The molecule has 1 N–H and O–H groups in total. The standard InChI is InChI=1S/C18H29N3O3/c1-13(2)18-19-8-14-5-6-21(10-17(14)20-18)9-15(22)11-23-12-16-4-3-7-24-16/h8,13,15-16,22H,3-7,9-12H2,1-2H3/t15-,16+/m1/s1. The van der Waals surface area contributed by atoms with Crippen molar-refractivity contribution in [3.63, 3.8) is 0 Å². The number of rotatable bonds is 7. The van der Waals surface area contributed by atoms with Gasteiger partial charge >= 0.3 is 0 Å². The number of aliphatic hydroxyl groups excluding tert-OH is 1. The number of nitrogens with zero attached hydrogens (tertiary/aromatic N) is 3. The molecular weight excluding hydrogens is 306 g/mol. The highest BCUT2D eigenvalue weighted by Crippen LogP contribution is 2.19. The fourth-order valence-electron chi connectivity index (χ4n) is 3.27. The Bertz CT molecular complexity index is 532. The summed E-state index contributed by atoms with van der Waals surface area (Å²) in [5.41, 5.74) is 2.34. The fourth-order valence-corrected chi connectivity index (χ4v) is 3.27. The quantitative estimate of drug-likeness (QED) is 0.815. The Hall–Kier alpha value is -1.08. The smallest absolute Gasteiger partial charge is 0.131 e. The van der Waals surface area contributed by atoms with Crippen LogP contribution in [0.5, 0.6) is 0 Å². The molecule has 0 amide bonds. The van der Waals surface area contributed by atoms with Crippen LogP contribution in [0, 0.1) is 0 Å². The second-order valence-corrected chi connectivity index (χ2v) is 7.17. The molecule has 0 aliphatic carbocycles. The Morgan fingerprint density at radius 3 is 3.08 bits per heavy atom. The topological polar surface area (TPSA) is 67.7 Å². The van der Waals surface area contributed by atoms with Gasteiger partial charge in [-0.05, 0) is 24.8 Å². The minimum Gasteiger partial charge on any atom is -0.389 e. The van der Waals surface area contributed by atoms with Crippen molar-refractivity contribution in [3.8, 4) is 0 Å². The van der Waals surface area contributed by atoms with E-state index in [1.54, 1.807) is 0 Å². The first-order chi connectivity index (χ1) is 11.6. The first-order valence-electron chi connectivity index (χ1n) is 9.06. The molecule has 134 valence electrons. The minimum absolute atomic E-state index is 0.213. The molecule has 0 bridgehead atoms. The molecule has 0 unspecified atom stereocenters. The van der Waals surface area contributed by atoms with Gasteiger partial charge in [-0.2, -0.15) is 0 Å². The third-order valence-corrected chi connectivity index (χ3v) is 4.67. The highest BCUT2D eigenvalue weighted by Gasteiger charge is 2.22. The monoisotopic (exact) mass is 335 g/mol. The lowest BCUT2D eigenvalue weighted by Gasteiger charge is -2.29. The van der Waals surface area contributed by atoms with E-state index in [4.69, 9.17) is 14.5 Å². The van der Waals surface area contributed by atoms with E-state index in [-0.39, 0.29) is 6.10 Å². The van der Waals surface area contributed by atoms with Crippen molar-refractivity contribution in [2.75, 3.05) is 32.9 Å². The SMILES string of the molecule is CC(C)c1ncc2c(n1)CN(C[C@@H](O)COC[C@@H]1CCCO1)CC2. The summed E-state index contributed by atoms with van der Waals surface area (Å²) >= 11 is 0. The van der Waals surface area contributed by atoms with Crippen LogP contribution in [0.15, 0.2) is 6.20 Å². The van der Waals surface area contributed by atoms with Gasteiger partial charge in [0, 0.05) is 38.4 Å². The van der Waals surface area contributed by atoms with E-state index in [0.717, 1.165) is 50.5 Å². The van der Waals surface area contributed by atoms with Gasteiger partial charge in [-0.25, -0.2) is 9.97 Å². The molecule has 3 rings (SSSR count).